The molecule has 0 spiro atoms. The maximum atomic E-state index is 12.2. The second-order valence-corrected chi connectivity index (χ2v) is 8.69. The van der Waals surface area contributed by atoms with Crippen molar-refractivity contribution in [3.05, 3.63) is 61.9 Å². The second-order valence-electron chi connectivity index (χ2n) is 5.69. The lowest BCUT2D eigenvalue weighted by atomic mass is 10.1. The van der Waals surface area contributed by atoms with Crippen LogP contribution in [0, 0.1) is 0 Å². The molecule has 0 bridgehead atoms. The molecule has 3 rings (SSSR count). The number of rotatable bonds is 5. The Morgan fingerprint density at radius 3 is 2.59 bits per heavy atom. The predicted molar refractivity (Wildman–Crippen MR) is 117 cm³/mol. The first-order valence-corrected chi connectivity index (χ1v) is 10.2. The van der Waals surface area contributed by atoms with E-state index in [2.05, 4.69) is 15.9 Å². The van der Waals surface area contributed by atoms with Crippen LogP contribution in [-0.4, -0.2) is 29.3 Å². The van der Waals surface area contributed by atoms with Gasteiger partial charge < -0.3 is 9.47 Å². The van der Waals surface area contributed by atoms with Gasteiger partial charge in [0.25, 0.3) is 5.91 Å². The normalized spacial score (nSPS) is 15.6. The van der Waals surface area contributed by atoms with Gasteiger partial charge in [0.05, 0.1) is 17.0 Å². The van der Waals surface area contributed by atoms with Crippen LogP contribution in [0.1, 0.15) is 11.1 Å². The molecule has 0 saturated carbocycles. The summed E-state index contributed by atoms with van der Waals surface area (Å²) in [5.41, 5.74) is 1.74. The van der Waals surface area contributed by atoms with Gasteiger partial charge >= 0.3 is 0 Å². The Bertz CT molecular complexity index is 931. The summed E-state index contributed by atoms with van der Waals surface area (Å²) in [6.07, 6.45) is 1.75. The van der Waals surface area contributed by atoms with Crippen molar-refractivity contribution in [2.75, 3.05) is 14.2 Å². The van der Waals surface area contributed by atoms with Crippen LogP contribution in [0.2, 0.25) is 5.02 Å². The SMILES string of the molecule is COc1cc(/C=C2/SC(=S)N(C)C2=O)cc(Cl)c1OCc1ccc(Br)cc1. The number of benzene rings is 2. The van der Waals surface area contributed by atoms with Crippen LogP contribution in [0.4, 0.5) is 0 Å². The molecule has 1 aliphatic rings. The summed E-state index contributed by atoms with van der Waals surface area (Å²) in [5.74, 6) is 0.829. The molecule has 0 N–H and O–H groups in total. The van der Waals surface area contributed by atoms with Gasteiger partial charge in [-0.15, -0.1) is 0 Å². The third-order valence-electron chi connectivity index (χ3n) is 3.83. The molecule has 1 fully saturated rings. The molecule has 0 unspecified atom stereocenters. The molecule has 1 saturated heterocycles. The molecule has 0 aromatic heterocycles. The number of amides is 1. The van der Waals surface area contributed by atoms with Crippen molar-refractivity contribution in [3.8, 4) is 11.5 Å². The van der Waals surface area contributed by atoms with Crippen molar-refractivity contribution in [2.24, 2.45) is 0 Å². The quantitative estimate of drug-likeness (QED) is 0.413. The van der Waals surface area contributed by atoms with Crippen molar-refractivity contribution in [3.63, 3.8) is 0 Å². The molecule has 0 atom stereocenters. The predicted octanol–water partition coefficient (Wildman–Crippen LogP) is 5.52. The minimum atomic E-state index is -0.129. The van der Waals surface area contributed by atoms with E-state index in [4.69, 9.17) is 33.3 Å². The lowest BCUT2D eigenvalue weighted by molar-refractivity contribution is -0.121. The first-order valence-electron chi connectivity index (χ1n) is 7.85. The van der Waals surface area contributed by atoms with Crippen molar-refractivity contribution in [2.45, 2.75) is 6.61 Å². The second kappa shape index (κ2) is 8.65. The van der Waals surface area contributed by atoms with Crippen LogP contribution >= 0.6 is 51.5 Å². The van der Waals surface area contributed by atoms with Crippen molar-refractivity contribution >= 4 is 67.8 Å². The number of thioether (sulfide) groups is 1. The zero-order valence-corrected chi connectivity index (χ0v) is 18.5. The van der Waals surface area contributed by atoms with E-state index in [0.29, 0.717) is 32.4 Å². The molecular formula is C19H15BrClNO3S2. The zero-order valence-electron chi connectivity index (χ0n) is 14.5. The Kier molecular flexibility index (Phi) is 6.47. The molecule has 0 aliphatic carbocycles. The highest BCUT2D eigenvalue weighted by Crippen LogP contribution is 2.39. The topological polar surface area (TPSA) is 38.8 Å². The van der Waals surface area contributed by atoms with Crippen molar-refractivity contribution in [1.29, 1.82) is 0 Å². The molecule has 1 heterocycles. The fourth-order valence-corrected chi connectivity index (χ4v) is 4.11. The summed E-state index contributed by atoms with van der Waals surface area (Å²) in [6, 6.07) is 11.3. The Morgan fingerprint density at radius 1 is 1.30 bits per heavy atom. The lowest BCUT2D eigenvalue weighted by Gasteiger charge is -2.13. The number of hydrogen-bond acceptors (Lipinski definition) is 5. The Morgan fingerprint density at radius 2 is 2.00 bits per heavy atom. The van der Waals surface area contributed by atoms with E-state index in [0.717, 1.165) is 15.6 Å². The first-order chi connectivity index (χ1) is 12.9. The van der Waals surface area contributed by atoms with Crippen LogP contribution in [0.3, 0.4) is 0 Å². The van der Waals surface area contributed by atoms with Gasteiger partial charge in [0.2, 0.25) is 0 Å². The number of methoxy groups -OCH3 is 1. The molecule has 2 aromatic carbocycles. The molecule has 2 aromatic rings. The monoisotopic (exact) mass is 483 g/mol. The molecule has 1 amide bonds. The highest BCUT2D eigenvalue weighted by atomic mass is 79.9. The Labute approximate surface area is 180 Å². The zero-order chi connectivity index (χ0) is 19.6. The van der Waals surface area contributed by atoms with Gasteiger partial charge in [-0.3, -0.25) is 9.69 Å². The summed E-state index contributed by atoms with van der Waals surface area (Å²) in [7, 11) is 3.21. The summed E-state index contributed by atoms with van der Waals surface area (Å²) < 4.78 is 12.8. The minimum absolute atomic E-state index is 0.129. The molecule has 1 aliphatic heterocycles. The standard InChI is InChI=1S/C19H15BrClNO3S2/c1-22-18(23)16(27-19(22)26)9-12-7-14(21)17(15(8-12)24-2)25-10-11-3-5-13(20)6-4-11/h3-9H,10H2,1-2H3/b16-9+. The molecule has 0 radical (unpaired) electrons. The third-order valence-corrected chi connectivity index (χ3v) is 6.13. The maximum absolute atomic E-state index is 12.2. The Hall–Kier alpha value is -1.54. The minimum Gasteiger partial charge on any atom is -0.493 e. The molecule has 8 heteroatoms. The van der Waals surface area contributed by atoms with Gasteiger partial charge in [0, 0.05) is 11.5 Å². The van der Waals surface area contributed by atoms with Gasteiger partial charge in [0.15, 0.2) is 11.5 Å². The fourth-order valence-electron chi connectivity index (χ4n) is 2.40. The first kappa shape index (κ1) is 20.2. The van der Waals surface area contributed by atoms with Gasteiger partial charge in [-0.2, -0.15) is 0 Å². The number of nitrogens with zero attached hydrogens (tertiary/aromatic N) is 1. The van der Waals surface area contributed by atoms with Gasteiger partial charge in [0.1, 0.15) is 10.9 Å². The molecule has 27 heavy (non-hydrogen) atoms. The van der Waals surface area contributed by atoms with Gasteiger partial charge in [-0.1, -0.05) is 63.6 Å². The molecule has 4 nitrogen and oxygen atoms in total. The summed E-state index contributed by atoms with van der Waals surface area (Å²) in [5, 5.41) is 0.407. The van der Waals surface area contributed by atoms with Crippen LogP contribution in [0.15, 0.2) is 45.8 Å². The lowest BCUT2D eigenvalue weighted by Crippen LogP contribution is -2.22. The number of ether oxygens (including phenoxy) is 2. The number of carbonyl (C=O) groups excluding carboxylic acids is 1. The fraction of sp³-hybridized carbons (Fsp3) is 0.158. The van der Waals surface area contributed by atoms with Crippen LogP contribution in [0.5, 0.6) is 11.5 Å². The highest BCUT2D eigenvalue weighted by Gasteiger charge is 2.28. The summed E-state index contributed by atoms with van der Waals surface area (Å²) >= 11 is 16.2. The number of halogens is 2. The number of hydrogen-bond donors (Lipinski definition) is 0. The van der Waals surface area contributed by atoms with E-state index in [1.807, 2.05) is 24.3 Å². The van der Waals surface area contributed by atoms with Crippen molar-refractivity contribution < 1.29 is 14.3 Å². The maximum Gasteiger partial charge on any atom is 0.265 e. The summed E-state index contributed by atoms with van der Waals surface area (Å²) in [4.78, 5) is 14.2. The smallest absolute Gasteiger partial charge is 0.265 e. The van der Waals surface area contributed by atoms with E-state index in [-0.39, 0.29) is 5.91 Å². The number of likely N-dealkylation sites (N-methyl/N-ethyl adjacent to an activating group) is 1. The Balaban J connectivity index is 1.84. The van der Waals surface area contributed by atoms with Crippen molar-refractivity contribution in [1.82, 2.24) is 4.90 Å². The van der Waals surface area contributed by atoms with E-state index in [1.165, 1.54) is 16.7 Å². The van der Waals surface area contributed by atoms with E-state index >= 15 is 0 Å². The highest BCUT2D eigenvalue weighted by molar-refractivity contribution is 9.10. The van der Waals surface area contributed by atoms with Crippen LogP contribution in [-0.2, 0) is 11.4 Å². The third kappa shape index (κ3) is 4.66. The number of thiocarbonyl (C=S) groups is 1. The molecule has 140 valence electrons. The number of carbonyl (C=O) groups is 1. The van der Waals surface area contributed by atoms with E-state index < -0.39 is 0 Å². The summed E-state index contributed by atoms with van der Waals surface area (Å²) in [6.45, 7) is 0.358. The average molecular weight is 485 g/mol. The van der Waals surface area contributed by atoms with E-state index in [9.17, 15) is 4.79 Å². The largest absolute Gasteiger partial charge is 0.493 e. The van der Waals surface area contributed by atoms with Gasteiger partial charge in [-0.05, 0) is 41.5 Å². The van der Waals surface area contributed by atoms with Gasteiger partial charge in [-0.25, -0.2) is 0 Å². The molecular weight excluding hydrogens is 470 g/mol. The van der Waals surface area contributed by atoms with E-state index in [1.54, 1.807) is 32.4 Å². The van der Waals surface area contributed by atoms with Crippen LogP contribution in [0.25, 0.3) is 6.08 Å². The van der Waals surface area contributed by atoms with Crippen LogP contribution < -0.4 is 9.47 Å². The average Bonchev–Trinajstić information content (AvgIpc) is 2.88.